The Morgan fingerprint density at radius 3 is 2.53 bits per heavy atom. The lowest BCUT2D eigenvalue weighted by Crippen LogP contribution is -2.11. The molecule has 0 amide bonds. The maximum Gasteiger partial charge on any atom is 0.251 e. The number of aromatic nitrogens is 2. The number of nitrogens with zero attached hydrogens (tertiary/aromatic N) is 1. The van der Waals surface area contributed by atoms with Gasteiger partial charge in [0, 0.05) is 21.4 Å². The van der Waals surface area contributed by atoms with Crippen LogP contribution in [0.5, 0.6) is 0 Å². The van der Waals surface area contributed by atoms with Crippen LogP contribution in [0.2, 0.25) is 0 Å². The largest absolute Gasteiger partial charge is 0.306 e. The highest BCUT2D eigenvalue weighted by atomic mass is 32.1. The Hall–Kier alpha value is -1.42. The quantitative estimate of drug-likeness (QED) is 0.886. The highest BCUT2D eigenvalue weighted by Crippen LogP contribution is 2.28. The van der Waals surface area contributed by atoms with E-state index in [-0.39, 0.29) is 11.5 Å². The molecule has 0 saturated heterocycles. The van der Waals surface area contributed by atoms with Crippen LogP contribution >= 0.6 is 11.3 Å². The van der Waals surface area contributed by atoms with Crippen molar-refractivity contribution in [1.29, 1.82) is 0 Å². The Bertz CT molecular complexity index is 596. The monoisotopic (exact) mass is 248 g/mol. The molecule has 0 spiro atoms. The fourth-order valence-corrected chi connectivity index (χ4v) is 2.69. The first-order valence-corrected chi connectivity index (χ1v) is 6.47. The number of aryl methyl sites for hydroxylation is 2. The van der Waals surface area contributed by atoms with Gasteiger partial charge in [-0.1, -0.05) is 13.8 Å². The van der Waals surface area contributed by atoms with Crippen molar-refractivity contribution in [1.82, 2.24) is 9.97 Å². The molecule has 2 rings (SSSR count). The molecule has 0 aliphatic heterocycles. The van der Waals surface area contributed by atoms with Gasteiger partial charge in [0.15, 0.2) is 0 Å². The van der Waals surface area contributed by atoms with Crippen LogP contribution in [0, 0.1) is 13.8 Å². The van der Waals surface area contributed by atoms with Crippen LogP contribution in [0.3, 0.4) is 0 Å². The van der Waals surface area contributed by atoms with Crippen molar-refractivity contribution in [3.8, 4) is 11.4 Å². The molecule has 90 valence electrons. The zero-order valence-electron chi connectivity index (χ0n) is 10.5. The van der Waals surface area contributed by atoms with Crippen molar-refractivity contribution < 1.29 is 0 Å². The lowest BCUT2D eigenvalue weighted by atomic mass is 10.1. The summed E-state index contributed by atoms with van der Waals surface area (Å²) in [5.41, 5.74) is 1.79. The van der Waals surface area contributed by atoms with E-state index in [0.29, 0.717) is 5.82 Å². The summed E-state index contributed by atoms with van der Waals surface area (Å²) >= 11 is 1.72. The third-order valence-corrected chi connectivity index (χ3v) is 3.62. The minimum absolute atomic E-state index is 0.0815. The first-order chi connectivity index (χ1) is 7.97. The van der Waals surface area contributed by atoms with Gasteiger partial charge in [-0.25, -0.2) is 4.98 Å². The lowest BCUT2D eigenvalue weighted by molar-refractivity contribution is 0.812. The Morgan fingerprint density at radius 1 is 1.29 bits per heavy atom. The molecule has 2 heterocycles. The van der Waals surface area contributed by atoms with Crippen LogP contribution in [0.25, 0.3) is 11.4 Å². The summed E-state index contributed by atoms with van der Waals surface area (Å²) in [7, 11) is 0. The van der Waals surface area contributed by atoms with Crippen LogP contribution in [-0.4, -0.2) is 9.97 Å². The van der Waals surface area contributed by atoms with E-state index in [9.17, 15) is 4.79 Å². The molecule has 17 heavy (non-hydrogen) atoms. The van der Waals surface area contributed by atoms with E-state index < -0.39 is 0 Å². The number of aromatic amines is 1. The second kappa shape index (κ2) is 4.45. The maximum absolute atomic E-state index is 11.6. The highest BCUT2D eigenvalue weighted by Gasteiger charge is 2.10. The van der Waals surface area contributed by atoms with Crippen molar-refractivity contribution >= 4 is 11.3 Å². The van der Waals surface area contributed by atoms with Gasteiger partial charge in [0.25, 0.3) is 5.56 Å². The third kappa shape index (κ3) is 2.47. The van der Waals surface area contributed by atoms with Crippen LogP contribution in [0.15, 0.2) is 16.9 Å². The predicted octanol–water partition coefficient (Wildman–Crippen LogP) is 3.24. The molecular weight excluding hydrogens is 232 g/mol. The summed E-state index contributed by atoms with van der Waals surface area (Å²) in [6.07, 6.45) is 0. The number of nitrogens with one attached hydrogen (secondary N) is 1. The van der Waals surface area contributed by atoms with Gasteiger partial charge in [-0.2, -0.15) is 0 Å². The summed E-state index contributed by atoms with van der Waals surface area (Å²) < 4.78 is 0. The molecule has 0 bridgehead atoms. The maximum atomic E-state index is 11.6. The van der Waals surface area contributed by atoms with Gasteiger partial charge in [-0.3, -0.25) is 4.79 Å². The Morgan fingerprint density at radius 2 is 2.00 bits per heavy atom. The highest BCUT2D eigenvalue weighted by molar-refractivity contribution is 7.12. The topological polar surface area (TPSA) is 45.8 Å². The standard InChI is InChI=1S/C13H16N2OS/c1-7(2)11-6-12(16)15-13(14-11)10-5-8(3)17-9(10)4/h5-7H,1-4H3,(H,14,15,16). The second-order valence-electron chi connectivity index (χ2n) is 4.50. The molecule has 0 atom stereocenters. The average Bonchev–Trinajstić information content (AvgIpc) is 2.57. The Kier molecular flexibility index (Phi) is 3.15. The van der Waals surface area contributed by atoms with Gasteiger partial charge in [0.1, 0.15) is 5.82 Å². The SMILES string of the molecule is Cc1cc(-c2nc(C(C)C)cc(=O)[nH]2)c(C)s1. The van der Waals surface area contributed by atoms with Crippen molar-refractivity contribution in [3.05, 3.63) is 37.9 Å². The molecule has 0 saturated carbocycles. The summed E-state index contributed by atoms with van der Waals surface area (Å²) in [6, 6.07) is 3.64. The number of hydrogen-bond donors (Lipinski definition) is 1. The van der Waals surface area contributed by atoms with Gasteiger partial charge in [-0.05, 0) is 25.8 Å². The van der Waals surface area contributed by atoms with E-state index in [4.69, 9.17) is 0 Å². The molecule has 2 aromatic rings. The summed E-state index contributed by atoms with van der Waals surface area (Å²) in [6.45, 7) is 8.19. The van der Waals surface area contributed by atoms with E-state index in [1.807, 2.05) is 13.8 Å². The summed E-state index contributed by atoms with van der Waals surface area (Å²) in [4.78, 5) is 21.4. The fourth-order valence-electron chi connectivity index (χ4n) is 1.77. The van der Waals surface area contributed by atoms with E-state index in [0.717, 1.165) is 11.3 Å². The van der Waals surface area contributed by atoms with Crippen molar-refractivity contribution in [3.63, 3.8) is 0 Å². The normalized spacial score (nSPS) is 11.1. The van der Waals surface area contributed by atoms with E-state index in [2.05, 4.69) is 29.9 Å². The molecule has 0 aromatic carbocycles. The number of rotatable bonds is 2. The van der Waals surface area contributed by atoms with Gasteiger partial charge in [-0.15, -0.1) is 11.3 Å². The lowest BCUT2D eigenvalue weighted by Gasteiger charge is -2.06. The van der Waals surface area contributed by atoms with Crippen molar-refractivity contribution in [2.45, 2.75) is 33.6 Å². The Balaban J connectivity index is 2.60. The minimum Gasteiger partial charge on any atom is -0.306 e. The molecule has 0 unspecified atom stereocenters. The zero-order valence-corrected chi connectivity index (χ0v) is 11.3. The molecule has 0 radical (unpaired) electrons. The molecule has 0 fully saturated rings. The van der Waals surface area contributed by atoms with Crippen molar-refractivity contribution in [2.75, 3.05) is 0 Å². The van der Waals surface area contributed by atoms with Crippen LogP contribution < -0.4 is 5.56 Å². The number of hydrogen-bond acceptors (Lipinski definition) is 3. The molecule has 4 heteroatoms. The number of thiophene rings is 1. The zero-order chi connectivity index (χ0) is 12.6. The summed E-state index contributed by atoms with van der Waals surface area (Å²) in [5.74, 6) is 0.944. The molecule has 2 aromatic heterocycles. The van der Waals surface area contributed by atoms with Crippen LogP contribution in [-0.2, 0) is 0 Å². The molecule has 1 N–H and O–H groups in total. The second-order valence-corrected chi connectivity index (χ2v) is 5.96. The van der Waals surface area contributed by atoms with Crippen LogP contribution in [0.1, 0.15) is 35.2 Å². The smallest absolute Gasteiger partial charge is 0.251 e. The Labute approximate surface area is 105 Å². The van der Waals surface area contributed by atoms with Gasteiger partial charge in [0.2, 0.25) is 0 Å². The first kappa shape index (κ1) is 12.0. The third-order valence-electron chi connectivity index (χ3n) is 2.65. The van der Waals surface area contributed by atoms with Gasteiger partial charge >= 0.3 is 0 Å². The molecule has 0 aliphatic carbocycles. The fraction of sp³-hybridized carbons (Fsp3) is 0.385. The molecular formula is C13H16N2OS. The van der Waals surface area contributed by atoms with Gasteiger partial charge in [0.05, 0.1) is 5.69 Å². The van der Waals surface area contributed by atoms with E-state index in [1.54, 1.807) is 17.4 Å². The number of H-pyrrole nitrogens is 1. The minimum atomic E-state index is -0.0815. The summed E-state index contributed by atoms with van der Waals surface area (Å²) in [5, 5.41) is 0. The molecule has 0 aliphatic rings. The van der Waals surface area contributed by atoms with Gasteiger partial charge < -0.3 is 4.98 Å². The predicted molar refractivity (Wildman–Crippen MR) is 71.7 cm³/mol. The van der Waals surface area contributed by atoms with Crippen molar-refractivity contribution in [2.24, 2.45) is 0 Å². The van der Waals surface area contributed by atoms with Crippen LogP contribution in [0.4, 0.5) is 0 Å². The molecule has 3 nitrogen and oxygen atoms in total. The van der Waals surface area contributed by atoms with E-state index >= 15 is 0 Å². The average molecular weight is 248 g/mol. The van der Waals surface area contributed by atoms with E-state index in [1.165, 1.54) is 9.75 Å². The first-order valence-electron chi connectivity index (χ1n) is 5.66.